The van der Waals surface area contributed by atoms with Crippen molar-refractivity contribution in [2.75, 3.05) is 12.4 Å². The van der Waals surface area contributed by atoms with E-state index < -0.39 is 6.04 Å². The fourth-order valence-corrected chi connectivity index (χ4v) is 2.73. The predicted octanol–water partition coefficient (Wildman–Crippen LogP) is 4.04. The van der Waals surface area contributed by atoms with Crippen molar-refractivity contribution < 1.29 is 9.53 Å². The Morgan fingerprint density at radius 1 is 1.26 bits per heavy atom. The van der Waals surface area contributed by atoms with E-state index in [0.717, 1.165) is 15.4 Å². The number of thiophene rings is 1. The number of nitrogens with one attached hydrogen (secondary N) is 1. The van der Waals surface area contributed by atoms with Gasteiger partial charge in [-0.3, -0.25) is 0 Å². The van der Waals surface area contributed by atoms with Crippen molar-refractivity contribution in [2.45, 2.75) is 13.0 Å². The number of hydrogen-bond donors (Lipinski definition) is 1. The van der Waals surface area contributed by atoms with Crippen LogP contribution in [0, 0.1) is 6.92 Å². The summed E-state index contributed by atoms with van der Waals surface area (Å²) in [7, 11) is 1.39. The van der Waals surface area contributed by atoms with Gasteiger partial charge in [0, 0.05) is 20.5 Å². The molecule has 0 aliphatic rings. The molecule has 0 saturated carbocycles. The van der Waals surface area contributed by atoms with Crippen LogP contribution in [0.5, 0.6) is 0 Å². The highest BCUT2D eigenvalue weighted by Crippen LogP contribution is 2.27. The van der Waals surface area contributed by atoms with Gasteiger partial charge >= 0.3 is 5.97 Å². The normalized spacial score (nSPS) is 11.9. The van der Waals surface area contributed by atoms with Crippen LogP contribution in [0.15, 0.2) is 36.4 Å². The molecule has 0 amide bonds. The van der Waals surface area contributed by atoms with E-state index >= 15 is 0 Å². The summed E-state index contributed by atoms with van der Waals surface area (Å²) in [5.41, 5.74) is 0.825. The van der Waals surface area contributed by atoms with Crippen molar-refractivity contribution in [3.05, 3.63) is 51.2 Å². The number of rotatable bonds is 4. The number of anilines is 1. The van der Waals surface area contributed by atoms with Crippen LogP contribution in [0.25, 0.3) is 0 Å². The van der Waals surface area contributed by atoms with Gasteiger partial charge in [-0.05, 0) is 43.3 Å². The fourth-order valence-electron chi connectivity index (χ4n) is 1.69. The molecule has 0 radical (unpaired) electrons. The Morgan fingerprint density at radius 2 is 1.95 bits per heavy atom. The van der Waals surface area contributed by atoms with Crippen molar-refractivity contribution in [3.8, 4) is 0 Å². The zero-order valence-corrected chi connectivity index (χ0v) is 12.2. The summed E-state index contributed by atoms with van der Waals surface area (Å²) in [5, 5.41) is 3.82. The third kappa shape index (κ3) is 3.49. The van der Waals surface area contributed by atoms with Gasteiger partial charge in [0.25, 0.3) is 0 Å². The molecule has 1 heterocycles. The fraction of sp³-hybridized carbons (Fsp3) is 0.214. The molecule has 1 N–H and O–H groups in total. The summed E-state index contributed by atoms with van der Waals surface area (Å²) < 4.78 is 4.85. The molecular formula is C14H14ClNO2S. The smallest absolute Gasteiger partial charge is 0.333 e. The lowest BCUT2D eigenvalue weighted by Gasteiger charge is -2.16. The van der Waals surface area contributed by atoms with Crippen LogP contribution in [0.2, 0.25) is 5.02 Å². The van der Waals surface area contributed by atoms with E-state index in [9.17, 15) is 4.79 Å². The summed E-state index contributed by atoms with van der Waals surface area (Å²) in [6.07, 6.45) is 0. The SMILES string of the molecule is COC(=O)C(Nc1ccc(Cl)cc1)c1ccc(C)s1. The van der Waals surface area contributed by atoms with Crippen LogP contribution in [0.3, 0.4) is 0 Å². The van der Waals surface area contributed by atoms with E-state index in [1.54, 1.807) is 23.5 Å². The first kappa shape index (κ1) is 13.9. The van der Waals surface area contributed by atoms with Gasteiger partial charge in [0.1, 0.15) is 0 Å². The van der Waals surface area contributed by atoms with Crippen LogP contribution in [0.1, 0.15) is 15.8 Å². The molecule has 2 rings (SSSR count). The third-order valence-corrected chi connectivity index (χ3v) is 3.96. The van der Waals surface area contributed by atoms with E-state index in [0.29, 0.717) is 5.02 Å². The maximum Gasteiger partial charge on any atom is 0.333 e. The van der Waals surface area contributed by atoms with Crippen LogP contribution in [-0.2, 0) is 9.53 Å². The molecule has 3 nitrogen and oxygen atoms in total. The highest BCUT2D eigenvalue weighted by Gasteiger charge is 2.22. The molecule has 1 unspecified atom stereocenters. The Labute approximate surface area is 121 Å². The van der Waals surface area contributed by atoms with E-state index in [1.165, 1.54) is 7.11 Å². The molecule has 100 valence electrons. The van der Waals surface area contributed by atoms with Gasteiger partial charge in [-0.25, -0.2) is 4.79 Å². The molecular weight excluding hydrogens is 282 g/mol. The lowest BCUT2D eigenvalue weighted by molar-refractivity contribution is -0.141. The number of carbonyl (C=O) groups excluding carboxylic acids is 1. The molecule has 19 heavy (non-hydrogen) atoms. The molecule has 0 bridgehead atoms. The number of aryl methyl sites for hydroxylation is 1. The predicted molar refractivity (Wildman–Crippen MR) is 78.9 cm³/mol. The van der Waals surface area contributed by atoms with E-state index in [1.807, 2.05) is 31.2 Å². The number of halogens is 1. The summed E-state index contributed by atoms with van der Waals surface area (Å²) >= 11 is 7.41. The van der Waals surface area contributed by atoms with Crippen LogP contribution < -0.4 is 5.32 Å². The second kappa shape index (κ2) is 6.08. The minimum atomic E-state index is -0.495. The maximum atomic E-state index is 11.9. The second-order valence-electron chi connectivity index (χ2n) is 4.06. The Morgan fingerprint density at radius 3 is 2.47 bits per heavy atom. The Kier molecular flexibility index (Phi) is 4.45. The van der Waals surface area contributed by atoms with E-state index in [4.69, 9.17) is 16.3 Å². The number of carbonyl (C=O) groups is 1. The number of esters is 1. The molecule has 0 aliphatic heterocycles. The molecule has 1 aromatic carbocycles. The highest BCUT2D eigenvalue weighted by molar-refractivity contribution is 7.12. The van der Waals surface area contributed by atoms with Crippen LogP contribution in [-0.4, -0.2) is 13.1 Å². The van der Waals surface area contributed by atoms with Gasteiger partial charge in [-0.2, -0.15) is 0 Å². The van der Waals surface area contributed by atoms with Gasteiger partial charge in [0.05, 0.1) is 7.11 Å². The van der Waals surface area contributed by atoms with Crippen molar-refractivity contribution in [2.24, 2.45) is 0 Å². The largest absolute Gasteiger partial charge is 0.467 e. The molecule has 1 aromatic heterocycles. The molecule has 5 heteroatoms. The third-order valence-electron chi connectivity index (χ3n) is 2.64. The zero-order valence-electron chi connectivity index (χ0n) is 10.6. The minimum Gasteiger partial charge on any atom is -0.467 e. The van der Waals surface area contributed by atoms with Gasteiger partial charge in [-0.15, -0.1) is 11.3 Å². The molecule has 1 atom stereocenters. The molecule has 2 aromatic rings. The molecule has 0 saturated heterocycles. The number of hydrogen-bond acceptors (Lipinski definition) is 4. The maximum absolute atomic E-state index is 11.9. The topological polar surface area (TPSA) is 38.3 Å². The van der Waals surface area contributed by atoms with Gasteiger partial charge in [-0.1, -0.05) is 11.6 Å². The first-order valence-corrected chi connectivity index (χ1v) is 6.96. The minimum absolute atomic E-state index is 0.309. The zero-order chi connectivity index (χ0) is 13.8. The van der Waals surface area contributed by atoms with Crippen molar-refractivity contribution in [3.63, 3.8) is 0 Å². The van der Waals surface area contributed by atoms with Crippen molar-refractivity contribution in [1.82, 2.24) is 0 Å². The number of methoxy groups -OCH3 is 1. The first-order valence-electron chi connectivity index (χ1n) is 5.76. The molecule has 0 fully saturated rings. The van der Waals surface area contributed by atoms with Crippen molar-refractivity contribution in [1.29, 1.82) is 0 Å². The first-order chi connectivity index (χ1) is 9.10. The Hall–Kier alpha value is -1.52. The Bertz CT molecular complexity index is 565. The molecule has 0 aliphatic carbocycles. The van der Waals surface area contributed by atoms with E-state index in [-0.39, 0.29) is 5.97 Å². The number of ether oxygens (including phenoxy) is 1. The van der Waals surface area contributed by atoms with E-state index in [2.05, 4.69) is 5.32 Å². The van der Waals surface area contributed by atoms with Gasteiger partial charge in [0.2, 0.25) is 0 Å². The summed E-state index contributed by atoms with van der Waals surface area (Å²) in [6.45, 7) is 2.00. The monoisotopic (exact) mass is 295 g/mol. The summed E-state index contributed by atoms with van der Waals surface area (Å²) in [4.78, 5) is 14.0. The second-order valence-corrected chi connectivity index (χ2v) is 5.81. The average Bonchev–Trinajstić information content (AvgIpc) is 2.83. The number of benzene rings is 1. The van der Waals surface area contributed by atoms with Gasteiger partial charge < -0.3 is 10.1 Å². The van der Waals surface area contributed by atoms with Crippen LogP contribution in [0.4, 0.5) is 5.69 Å². The lowest BCUT2D eigenvalue weighted by atomic mass is 10.2. The standard InChI is InChI=1S/C14H14ClNO2S/c1-9-3-8-12(19-9)13(14(17)18-2)16-11-6-4-10(15)5-7-11/h3-8,13,16H,1-2H3. The summed E-state index contributed by atoms with van der Waals surface area (Å²) in [6, 6.07) is 10.6. The average molecular weight is 296 g/mol. The lowest BCUT2D eigenvalue weighted by Crippen LogP contribution is -2.21. The highest BCUT2D eigenvalue weighted by atomic mass is 35.5. The van der Waals surface area contributed by atoms with Gasteiger partial charge in [0.15, 0.2) is 6.04 Å². The van der Waals surface area contributed by atoms with Crippen LogP contribution >= 0.6 is 22.9 Å². The van der Waals surface area contributed by atoms with Crippen molar-refractivity contribution >= 4 is 34.6 Å². The summed E-state index contributed by atoms with van der Waals surface area (Å²) in [5.74, 6) is -0.309. The molecule has 0 spiro atoms. The Balaban J connectivity index is 2.23. The quantitative estimate of drug-likeness (QED) is 0.865.